The molecule has 0 aliphatic carbocycles. The Balaban J connectivity index is 0.000000717. The summed E-state index contributed by atoms with van der Waals surface area (Å²) in [5, 5.41) is 17.8. The van der Waals surface area contributed by atoms with Gasteiger partial charge in [0.2, 0.25) is 0 Å². The summed E-state index contributed by atoms with van der Waals surface area (Å²) in [6.45, 7) is 1.44. The Labute approximate surface area is 169 Å². The molecule has 3 N–H and O–H groups in total. The highest BCUT2D eigenvalue weighted by Crippen LogP contribution is 2.30. The Bertz CT molecular complexity index is 920. The molecule has 1 aliphatic rings. The van der Waals surface area contributed by atoms with E-state index in [1.165, 1.54) is 25.1 Å². The third kappa shape index (κ3) is 6.08. The van der Waals surface area contributed by atoms with Crippen molar-refractivity contribution >= 4 is 52.8 Å². The largest absolute Gasteiger partial charge is 0.478 e. The zero-order valence-corrected chi connectivity index (χ0v) is 16.3. The Morgan fingerprint density at radius 3 is 2.36 bits per heavy atom. The number of carboxylic acid groups (broad SMARTS) is 1. The van der Waals surface area contributed by atoms with E-state index in [4.69, 9.17) is 31.0 Å². The number of carbonyl (C=O) groups is 4. The normalized spacial score (nSPS) is 13.8. The minimum absolute atomic E-state index is 0.00172. The highest BCUT2D eigenvalue weighted by atomic mass is 35.5. The second-order valence-corrected chi connectivity index (χ2v) is 6.21. The lowest BCUT2D eigenvalue weighted by atomic mass is 10.1. The first kappa shape index (κ1) is 23.2. The van der Waals surface area contributed by atoms with Gasteiger partial charge in [0, 0.05) is 18.7 Å². The van der Waals surface area contributed by atoms with E-state index in [-0.39, 0.29) is 15.5 Å². The molecule has 0 bridgehead atoms. The van der Waals surface area contributed by atoms with E-state index < -0.39 is 17.1 Å². The molecule has 2 aromatic rings. The number of aliphatic hydroxyl groups excluding tert-OH is 1. The van der Waals surface area contributed by atoms with Gasteiger partial charge in [0.05, 0.1) is 15.5 Å². The number of imide groups is 1. The van der Waals surface area contributed by atoms with Crippen molar-refractivity contribution in [2.45, 2.75) is 6.92 Å². The van der Waals surface area contributed by atoms with Crippen LogP contribution < -0.4 is 5.32 Å². The lowest BCUT2D eigenvalue weighted by Crippen LogP contribution is -2.17. The molecule has 0 unspecified atom stereocenters. The number of benzene rings is 1. The summed E-state index contributed by atoms with van der Waals surface area (Å²) in [5.74, 6) is -0.719. The summed E-state index contributed by atoms with van der Waals surface area (Å²) in [6, 6.07) is 7.75. The number of aliphatic hydroxyl groups is 1. The monoisotopic (exact) mass is 425 g/mol. The van der Waals surface area contributed by atoms with Crippen molar-refractivity contribution in [3.63, 3.8) is 0 Å². The number of carbonyl (C=O) groups excluding carboxylic acids is 3. The SMILES string of the molecule is CC=O.CO.O=C1NC(=O)/C(=C\c2ccc(-c3ccc(C(=O)O)c(Cl)c3)o2)S1. The molecule has 10 heteroatoms. The number of halogens is 1. The lowest BCUT2D eigenvalue weighted by Gasteiger charge is -2.01. The molecule has 1 saturated heterocycles. The highest BCUT2D eigenvalue weighted by molar-refractivity contribution is 8.18. The Hall–Kier alpha value is -2.88. The number of nitrogens with one attached hydrogen (secondary N) is 1. The molecule has 148 valence electrons. The van der Waals surface area contributed by atoms with E-state index in [0.717, 1.165) is 25.2 Å². The Morgan fingerprint density at radius 1 is 1.21 bits per heavy atom. The summed E-state index contributed by atoms with van der Waals surface area (Å²) in [7, 11) is 1.00. The van der Waals surface area contributed by atoms with E-state index >= 15 is 0 Å². The average Bonchev–Trinajstić information content (AvgIpc) is 3.23. The molecule has 2 amide bonds. The van der Waals surface area contributed by atoms with E-state index in [2.05, 4.69) is 5.32 Å². The van der Waals surface area contributed by atoms with E-state index in [1.807, 2.05) is 0 Å². The molecule has 1 aromatic carbocycles. The minimum atomic E-state index is -1.11. The third-order valence-corrected chi connectivity index (χ3v) is 4.15. The summed E-state index contributed by atoms with van der Waals surface area (Å²) >= 11 is 6.72. The average molecular weight is 426 g/mol. The quantitative estimate of drug-likeness (QED) is 0.503. The lowest BCUT2D eigenvalue weighted by molar-refractivity contribution is -0.115. The first-order valence-electron chi connectivity index (χ1n) is 7.58. The molecule has 0 spiro atoms. The van der Waals surface area contributed by atoms with Crippen molar-refractivity contribution in [1.29, 1.82) is 0 Å². The smallest absolute Gasteiger partial charge is 0.337 e. The molecule has 0 atom stereocenters. The van der Waals surface area contributed by atoms with Crippen LogP contribution in [0.5, 0.6) is 0 Å². The van der Waals surface area contributed by atoms with Crippen molar-refractivity contribution in [1.82, 2.24) is 5.32 Å². The van der Waals surface area contributed by atoms with Gasteiger partial charge in [-0.05, 0) is 43.0 Å². The summed E-state index contributed by atoms with van der Waals surface area (Å²) < 4.78 is 5.58. The summed E-state index contributed by atoms with van der Waals surface area (Å²) in [4.78, 5) is 42.6. The van der Waals surface area contributed by atoms with E-state index in [1.54, 1.807) is 18.2 Å². The van der Waals surface area contributed by atoms with Crippen LogP contribution in [0.4, 0.5) is 4.79 Å². The van der Waals surface area contributed by atoms with Crippen LogP contribution in [0.1, 0.15) is 23.0 Å². The van der Waals surface area contributed by atoms with Crippen LogP contribution in [0.15, 0.2) is 39.7 Å². The highest BCUT2D eigenvalue weighted by Gasteiger charge is 2.25. The number of aldehydes is 1. The fraction of sp³-hybridized carbons (Fsp3) is 0.111. The number of hydrogen-bond acceptors (Lipinski definition) is 7. The van der Waals surface area contributed by atoms with Crippen molar-refractivity contribution in [3.05, 3.63) is 51.6 Å². The van der Waals surface area contributed by atoms with E-state index in [9.17, 15) is 14.4 Å². The van der Waals surface area contributed by atoms with E-state index in [0.29, 0.717) is 17.1 Å². The number of hydrogen-bond donors (Lipinski definition) is 3. The molecule has 1 aliphatic heterocycles. The van der Waals surface area contributed by atoms with Gasteiger partial charge >= 0.3 is 5.97 Å². The standard InChI is InChI=1S/C15H8ClNO5S.C2H4O.CH4O/c16-10-5-7(1-3-9(10)14(19)20)11-4-2-8(22-11)6-12-13(18)17-15(21)23-12;1-2-3;1-2/h1-6H,(H,19,20)(H,17,18,21);2H,1H3;2H,1H3/b12-6+;;. The summed E-state index contributed by atoms with van der Waals surface area (Å²) in [6.07, 6.45) is 2.21. The van der Waals surface area contributed by atoms with Crippen molar-refractivity contribution in [2.75, 3.05) is 7.11 Å². The van der Waals surface area contributed by atoms with Gasteiger partial charge in [-0.1, -0.05) is 17.7 Å². The van der Waals surface area contributed by atoms with Crippen molar-refractivity contribution < 1.29 is 33.8 Å². The summed E-state index contributed by atoms with van der Waals surface area (Å²) in [5.41, 5.74) is 0.603. The fourth-order valence-electron chi connectivity index (χ4n) is 1.98. The molecule has 28 heavy (non-hydrogen) atoms. The number of thioether (sulfide) groups is 1. The predicted molar refractivity (Wildman–Crippen MR) is 105 cm³/mol. The molecule has 3 rings (SSSR count). The predicted octanol–water partition coefficient (Wildman–Crippen LogP) is 3.44. The van der Waals surface area contributed by atoms with Gasteiger partial charge in [-0.15, -0.1) is 0 Å². The molecule has 2 heterocycles. The second kappa shape index (κ2) is 11.1. The number of carboxylic acids is 1. The molecule has 0 saturated carbocycles. The molecule has 0 radical (unpaired) electrons. The molecule has 1 aromatic heterocycles. The van der Waals surface area contributed by atoms with Crippen LogP contribution >= 0.6 is 23.4 Å². The van der Waals surface area contributed by atoms with Crippen LogP contribution in [-0.2, 0) is 9.59 Å². The van der Waals surface area contributed by atoms with Gasteiger partial charge in [0.15, 0.2) is 0 Å². The van der Waals surface area contributed by atoms with Crippen molar-refractivity contribution in [2.24, 2.45) is 0 Å². The fourth-order valence-corrected chi connectivity index (χ4v) is 2.90. The number of amides is 2. The first-order valence-corrected chi connectivity index (χ1v) is 8.77. The zero-order chi connectivity index (χ0) is 21.3. The zero-order valence-electron chi connectivity index (χ0n) is 14.8. The molecular weight excluding hydrogens is 410 g/mol. The van der Waals surface area contributed by atoms with Crippen LogP contribution in [0, 0.1) is 0 Å². The van der Waals surface area contributed by atoms with Gasteiger partial charge in [0.1, 0.15) is 17.8 Å². The maximum absolute atomic E-state index is 11.5. The van der Waals surface area contributed by atoms with Crippen LogP contribution in [0.2, 0.25) is 5.02 Å². The van der Waals surface area contributed by atoms with Gasteiger partial charge in [-0.25, -0.2) is 4.79 Å². The van der Waals surface area contributed by atoms with Gasteiger partial charge in [0.25, 0.3) is 11.1 Å². The van der Waals surface area contributed by atoms with Crippen LogP contribution in [0.25, 0.3) is 17.4 Å². The Morgan fingerprint density at radius 2 is 1.86 bits per heavy atom. The minimum Gasteiger partial charge on any atom is -0.478 e. The van der Waals surface area contributed by atoms with Gasteiger partial charge in [-0.2, -0.15) is 0 Å². The molecule has 1 fully saturated rings. The number of furan rings is 1. The third-order valence-electron chi connectivity index (χ3n) is 3.03. The van der Waals surface area contributed by atoms with Gasteiger partial charge in [-0.3, -0.25) is 14.9 Å². The second-order valence-electron chi connectivity index (χ2n) is 4.79. The van der Waals surface area contributed by atoms with Crippen molar-refractivity contribution in [3.8, 4) is 11.3 Å². The van der Waals surface area contributed by atoms with Crippen LogP contribution in [-0.4, -0.2) is 40.7 Å². The Kier molecular flexibility index (Phi) is 9.16. The van der Waals surface area contributed by atoms with Gasteiger partial charge < -0.3 is 19.4 Å². The molecule has 8 nitrogen and oxygen atoms in total. The molecular formula is C18H16ClNO7S. The first-order chi connectivity index (χ1) is 13.3. The van der Waals surface area contributed by atoms with Crippen LogP contribution in [0.3, 0.4) is 0 Å². The topological polar surface area (TPSA) is 134 Å². The number of aromatic carboxylic acids is 1. The maximum atomic E-state index is 11.5. The number of rotatable bonds is 3. The maximum Gasteiger partial charge on any atom is 0.337 e.